The van der Waals surface area contributed by atoms with Crippen LogP contribution in [-0.4, -0.2) is 23.3 Å². The van der Waals surface area contributed by atoms with Crippen molar-refractivity contribution >= 4 is 43.2 Å². The first-order valence-corrected chi connectivity index (χ1v) is 10.8. The van der Waals surface area contributed by atoms with E-state index in [9.17, 15) is 8.42 Å². The Labute approximate surface area is 123 Å². The van der Waals surface area contributed by atoms with Crippen molar-refractivity contribution < 1.29 is 8.42 Å². The molecule has 0 aromatic rings. The van der Waals surface area contributed by atoms with E-state index in [0.29, 0.717) is 5.92 Å². The van der Waals surface area contributed by atoms with Gasteiger partial charge in [-0.15, -0.1) is 6.58 Å². The van der Waals surface area contributed by atoms with Crippen molar-refractivity contribution in [3.05, 3.63) is 24.1 Å². The lowest BCUT2D eigenvalue weighted by Gasteiger charge is -2.15. The van der Waals surface area contributed by atoms with Gasteiger partial charge in [0, 0.05) is 5.75 Å². The van der Waals surface area contributed by atoms with Crippen molar-refractivity contribution in [1.82, 2.24) is 0 Å². The molecule has 1 rings (SSSR count). The maximum Gasteiger partial charge on any atom is 0.118 e. The van der Waals surface area contributed by atoms with E-state index in [2.05, 4.69) is 20.4 Å². The number of hydrogen-bond donors (Lipinski definition) is 0. The van der Waals surface area contributed by atoms with E-state index < -0.39 is 21.6 Å². The quantitative estimate of drug-likeness (QED) is 0.425. The Morgan fingerprint density at radius 3 is 2.61 bits per heavy atom. The Morgan fingerprint density at radius 1 is 1.39 bits per heavy atom. The van der Waals surface area contributed by atoms with Gasteiger partial charge in [0.1, 0.15) is 4.58 Å². The van der Waals surface area contributed by atoms with Gasteiger partial charge in [-0.1, -0.05) is 47.6 Å². The highest BCUT2D eigenvalue weighted by molar-refractivity contribution is 8.78. The van der Waals surface area contributed by atoms with Gasteiger partial charge >= 0.3 is 0 Å². The predicted molar refractivity (Wildman–Crippen MR) is 87.2 cm³/mol. The van der Waals surface area contributed by atoms with Gasteiger partial charge in [0.05, 0.1) is 26.2 Å². The predicted octanol–water partition coefficient (Wildman–Crippen LogP) is 3.52. The van der Waals surface area contributed by atoms with E-state index in [4.69, 9.17) is 0 Å². The summed E-state index contributed by atoms with van der Waals surface area (Å²) in [5, 5.41) is 1.66. The molecule has 2 unspecified atom stereocenters. The zero-order valence-electron chi connectivity index (χ0n) is 10.9. The summed E-state index contributed by atoms with van der Waals surface area (Å²) in [7, 11) is 1.17. The van der Waals surface area contributed by atoms with Gasteiger partial charge in [0.2, 0.25) is 0 Å². The van der Waals surface area contributed by atoms with Crippen LogP contribution >= 0.6 is 21.6 Å². The van der Waals surface area contributed by atoms with Gasteiger partial charge < -0.3 is 0 Å². The molecule has 104 valence electrons. The summed E-state index contributed by atoms with van der Waals surface area (Å²) in [5.74, 6) is 1.40. The fourth-order valence-corrected chi connectivity index (χ4v) is 10.1. The van der Waals surface area contributed by atoms with E-state index in [0.717, 1.165) is 5.75 Å². The molecular formula is C12H20O2S4. The third-order valence-corrected chi connectivity index (χ3v) is 11.1. The maximum atomic E-state index is 12.5. The van der Waals surface area contributed by atoms with Crippen molar-refractivity contribution in [2.75, 3.05) is 5.75 Å². The molecule has 1 fully saturated rings. The van der Waals surface area contributed by atoms with Gasteiger partial charge in [0.15, 0.2) is 0 Å². The third kappa shape index (κ3) is 3.74. The second-order valence-electron chi connectivity index (χ2n) is 4.25. The lowest BCUT2D eigenvalue weighted by atomic mass is 10.0. The second-order valence-corrected chi connectivity index (χ2v) is 10.5. The summed E-state index contributed by atoms with van der Waals surface area (Å²) in [5.41, 5.74) is 0. The average molecular weight is 325 g/mol. The molecule has 2 nitrogen and oxygen atoms in total. The Hall–Kier alpha value is 0.480. The summed E-state index contributed by atoms with van der Waals surface area (Å²) >= 11 is 0. The molecule has 6 heteroatoms. The van der Waals surface area contributed by atoms with E-state index in [-0.39, 0.29) is 15.1 Å². The van der Waals surface area contributed by atoms with Gasteiger partial charge in [0.25, 0.3) is 0 Å². The van der Waals surface area contributed by atoms with Crippen LogP contribution in [0.15, 0.2) is 24.1 Å². The molecule has 6 atom stereocenters. The fraction of sp³-hybridized carbons (Fsp3) is 0.667. The van der Waals surface area contributed by atoms with E-state index >= 15 is 0 Å². The molecule has 1 heterocycles. The molecule has 0 N–H and O–H groups in total. The third-order valence-electron chi connectivity index (χ3n) is 2.99. The van der Waals surface area contributed by atoms with Crippen molar-refractivity contribution in [2.45, 2.75) is 29.9 Å². The van der Waals surface area contributed by atoms with Gasteiger partial charge in [-0.25, -0.2) is 0 Å². The first-order chi connectivity index (χ1) is 8.54. The van der Waals surface area contributed by atoms with Gasteiger partial charge in [-0.3, -0.25) is 8.42 Å². The smallest absolute Gasteiger partial charge is 0.118 e. The second kappa shape index (κ2) is 7.92. The SMILES string of the molecule is C=CCSS[C@@H]1[C@@H](C)[C@@H](C)[C@@H](S(=O)/C=C/C)S1=O. The van der Waals surface area contributed by atoms with E-state index in [1.807, 2.05) is 13.0 Å². The van der Waals surface area contributed by atoms with Crippen LogP contribution < -0.4 is 0 Å². The zero-order chi connectivity index (χ0) is 13.7. The van der Waals surface area contributed by atoms with Crippen LogP contribution in [0.2, 0.25) is 0 Å². The average Bonchev–Trinajstić information content (AvgIpc) is 2.53. The molecule has 1 aliphatic heterocycles. The molecule has 0 bridgehead atoms. The Kier molecular flexibility index (Phi) is 7.28. The van der Waals surface area contributed by atoms with Crippen molar-refractivity contribution in [1.29, 1.82) is 0 Å². The van der Waals surface area contributed by atoms with Crippen LogP contribution in [0.4, 0.5) is 0 Å². The summed E-state index contributed by atoms with van der Waals surface area (Å²) in [6, 6.07) is 0. The Morgan fingerprint density at radius 2 is 2.06 bits per heavy atom. The van der Waals surface area contributed by atoms with E-state index in [1.165, 1.54) is 0 Å². The standard InChI is InChI=1S/C12H20O2S4/c1-5-7-15-16-11-9(3)10(4)12(18(11)14)17(13)8-6-2/h5-6,8-12H,1,7H2,2-4H3/b8-6+/t9-,10+,11-,12-,17?,18?/m0/s1. The molecule has 0 spiro atoms. The lowest BCUT2D eigenvalue weighted by molar-refractivity contribution is 0.466. The molecule has 0 aromatic carbocycles. The molecule has 0 amide bonds. The van der Waals surface area contributed by atoms with Crippen molar-refractivity contribution in [3.63, 3.8) is 0 Å². The molecular weight excluding hydrogens is 304 g/mol. The summed E-state index contributed by atoms with van der Waals surface area (Å²) < 4.78 is 24.4. The minimum Gasteiger partial charge on any atom is -0.257 e. The van der Waals surface area contributed by atoms with Crippen LogP contribution in [0.3, 0.4) is 0 Å². The van der Waals surface area contributed by atoms with Crippen LogP contribution in [0, 0.1) is 11.8 Å². The summed E-state index contributed by atoms with van der Waals surface area (Å²) in [6.45, 7) is 9.70. The molecule has 18 heavy (non-hydrogen) atoms. The minimum absolute atomic E-state index is 0.0733. The molecule has 0 aromatic heterocycles. The van der Waals surface area contributed by atoms with Crippen molar-refractivity contribution in [3.8, 4) is 0 Å². The van der Waals surface area contributed by atoms with Gasteiger partial charge in [-0.05, 0) is 24.2 Å². The Bertz CT molecular complexity index is 367. The highest BCUT2D eigenvalue weighted by Gasteiger charge is 2.47. The first-order valence-electron chi connectivity index (χ1n) is 5.85. The van der Waals surface area contributed by atoms with Crippen LogP contribution in [0.25, 0.3) is 0 Å². The first kappa shape index (κ1) is 16.5. The molecule has 0 radical (unpaired) electrons. The molecule has 1 aliphatic rings. The zero-order valence-corrected chi connectivity index (χ0v) is 14.2. The van der Waals surface area contributed by atoms with Crippen LogP contribution in [0.5, 0.6) is 0 Å². The highest BCUT2D eigenvalue weighted by Crippen LogP contribution is 2.45. The topological polar surface area (TPSA) is 34.1 Å². The lowest BCUT2D eigenvalue weighted by Crippen LogP contribution is -2.22. The fourth-order valence-electron chi connectivity index (χ4n) is 1.85. The molecule has 1 saturated heterocycles. The van der Waals surface area contributed by atoms with Crippen molar-refractivity contribution in [2.24, 2.45) is 11.8 Å². The number of allylic oxidation sites excluding steroid dienone is 1. The number of rotatable bonds is 6. The number of hydrogen-bond acceptors (Lipinski definition) is 4. The molecule has 0 aliphatic carbocycles. The monoisotopic (exact) mass is 324 g/mol. The van der Waals surface area contributed by atoms with Crippen LogP contribution in [-0.2, 0) is 21.6 Å². The molecule has 0 saturated carbocycles. The normalized spacial score (nSPS) is 38.1. The van der Waals surface area contributed by atoms with Crippen LogP contribution in [0.1, 0.15) is 20.8 Å². The summed E-state index contributed by atoms with van der Waals surface area (Å²) in [6.07, 6.45) is 3.62. The minimum atomic E-state index is -1.13. The summed E-state index contributed by atoms with van der Waals surface area (Å²) in [4.78, 5) is 0. The largest absolute Gasteiger partial charge is 0.257 e. The Balaban J connectivity index is 2.76. The maximum absolute atomic E-state index is 12.5. The van der Waals surface area contributed by atoms with E-state index in [1.54, 1.807) is 33.1 Å². The highest BCUT2D eigenvalue weighted by atomic mass is 33.1. The van der Waals surface area contributed by atoms with Gasteiger partial charge in [-0.2, -0.15) is 0 Å².